The minimum Gasteiger partial charge on any atom is -0.486 e. The van der Waals surface area contributed by atoms with Gasteiger partial charge in [-0.2, -0.15) is 0 Å². The van der Waals surface area contributed by atoms with Gasteiger partial charge in [0.25, 0.3) is 0 Å². The van der Waals surface area contributed by atoms with Gasteiger partial charge in [0.15, 0.2) is 0 Å². The number of nitrogens with one attached hydrogen (secondary N) is 1. The van der Waals surface area contributed by atoms with Crippen LogP contribution >= 0.6 is 0 Å². The Hall–Kier alpha value is -3.59. The number of hydrogen-bond acceptors (Lipinski definition) is 7. The number of nitrogens with zero attached hydrogens (tertiary/aromatic N) is 1. The van der Waals surface area contributed by atoms with Crippen molar-refractivity contribution in [2.45, 2.75) is 38.2 Å². The lowest BCUT2D eigenvalue weighted by molar-refractivity contribution is -0.119. The second-order valence-corrected chi connectivity index (χ2v) is 10.6. The molecule has 2 aliphatic rings. The van der Waals surface area contributed by atoms with E-state index in [2.05, 4.69) is 11.1 Å². The summed E-state index contributed by atoms with van der Waals surface area (Å²) in [4.78, 5) is 16.1. The van der Waals surface area contributed by atoms with Gasteiger partial charge in [0, 0.05) is 24.0 Å². The second kappa shape index (κ2) is 9.22. The fourth-order valence-electron chi connectivity index (χ4n) is 4.67. The van der Waals surface area contributed by atoms with E-state index in [9.17, 15) is 13.2 Å². The number of methoxy groups -OCH3 is 1. The Morgan fingerprint density at radius 3 is 2.54 bits per heavy atom. The average molecular weight is 495 g/mol. The molecule has 2 atom stereocenters. The Bertz CT molecular complexity index is 1370. The van der Waals surface area contributed by atoms with Gasteiger partial charge in [-0.15, -0.1) is 0 Å². The molecule has 3 aromatic rings. The molecule has 2 aromatic carbocycles. The molecule has 1 aliphatic carbocycles. The van der Waals surface area contributed by atoms with E-state index in [1.54, 1.807) is 13.2 Å². The Morgan fingerprint density at radius 2 is 1.83 bits per heavy atom. The first-order valence-electron chi connectivity index (χ1n) is 11.4. The number of carbonyl (C=O) groups is 1. The topological polar surface area (TPSA) is 104 Å². The average Bonchev–Trinajstić information content (AvgIpc) is 3.23. The SMILES string of the molecule is COc1ccc(Oc2cccc3c2CC[C@H]3Oc2ccc(C3CC(=O)NS(=O)(=O)C3)cc2)c(C)n1. The van der Waals surface area contributed by atoms with E-state index in [-0.39, 0.29) is 24.2 Å². The number of sulfonamides is 1. The largest absolute Gasteiger partial charge is 0.486 e. The van der Waals surface area contributed by atoms with Crippen LogP contribution in [0.5, 0.6) is 23.1 Å². The van der Waals surface area contributed by atoms with Crippen LogP contribution in [0, 0.1) is 6.92 Å². The van der Waals surface area contributed by atoms with Crippen LogP contribution in [0.3, 0.4) is 0 Å². The highest BCUT2D eigenvalue weighted by Gasteiger charge is 2.31. The van der Waals surface area contributed by atoms with Crippen molar-refractivity contribution < 1.29 is 27.4 Å². The molecule has 35 heavy (non-hydrogen) atoms. The molecule has 1 aromatic heterocycles. The van der Waals surface area contributed by atoms with Crippen molar-refractivity contribution in [3.63, 3.8) is 0 Å². The molecule has 1 amide bonds. The lowest BCUT2D eigenvalue weighted by atomic mass is 9.97. The van der Waals surface area contributed by atoms with E-state index in [4.69, 9.17) is 14.2 Å². The van der Waals surface area contributed by atoms with E-state index in [1.165, 1.54) is 0 Å². The van der Waals surface area contributed by atoms with Crippen molar-refractivity contribution in [1.82, 2.24) is 9.71 Å². The molecule has 8 nitrogen and oxygen atoms in total. The fourth-order valence-corrected chi connectivity index (χ4v) is 6.02. The number of benzene rings is 2. The van der Waals surface area contributed by atoms with Crippen LogP contribution in [0.2, 0.25) is 0 Å². The van der Waals surface area contributed by atoms with Crippen molar-refractivity contribution in [2.24, 2.45) is 0 Å². The molecule has 1 aliphatic heterocycles. The normalized spacial score (nSPS) is 20.6. The number of carbonyl (C=O) groups excluding carboxylic acids is 1. The molecular formula is C26H26N2O6S. The Balaban J connectivity index is 1.30. The number of aryl methyl sites for hydroxylation is 1. The molecule has 0 saturated carbocycles. The smallest absolute Gasteiger partial charge is 0.235 e. The van der Waals surface area contributed by atoms with Crippen molar-refractivity contribution >= 4 is 15.9 Å². The number of ether oxygens (including phenoxy) is 3. The zero-order valence-electron chi connectivity index (χ0n) is 19.5. The van der Waals surface area contributed by atoms with Crippen molar-refractivity contribution in [1.29, 1.82) is 0 Å². The van der Waals surface area contributed by atoms with Gasteiger partial charge in [0.05, 0.1) is 18.6 Å². The lowest BCUT2D eigenvalue weighted by Crippen LogP contribution is -2.40. The minimum absolute atomic E-state index is 0.0963. The van der Waals surface area contributed by atoms with E-state index in [0.29, 0.717) is 17.4 Å². The summed E-state index contributed by atoms with van der Waals surface area (Å²) in [5, 5.41) is 0. The zero-order chi connectivity index (χ0) is 24.6. The molecule has 2 heterocycles. The van der Waals surface area contributed by atoms with Gasteiger partial charge in [-0.25, -0.2) is 13.4 Å². The van der Waals surface area contributed by atoms with Crippen molar-refractivity contribution in [2.75, 3.05) is 12.9 Å². The van der Waals surface area contributed by atoms with Gasteiger partial charge in [-0.3, -0.25) is 9.52 Å². The van der Waals surface area contributed by atoms with E-state index < -0.39 is 15.9 Å². The molecule has 182 valence electrons. The first kappa shape index (κ1) is 23.2. The highest BCUT2D eigenvalue weighted by atomic mass is 32.2. The summed E-state index contributed by atoms with van der Waals surface area (Å²) in [5.41, 5.74) is 3.75. The summed E-state index contributed by atoms with van der Waals surface area (Å²) in [6.07, 6.45) is 1.68. The predicted octanol–water partition coefficient (Wildman–Crippen LogP) is 4.19. The Kier molecular flexibility index (Phi) is 6.10. The molecule has 1 saturated heterocycles. The third-order valence-corrected chi connectivity index (χ3v) is 7.74. The van der Waals surface area contributed by atoms with Gasteiger partial charge < -0.3 is 14.2 Å². The van der Waals surface area contributed by atoms with Gasteiger partial charge in [0.1, 0.15) is 23.4 Å². The lowest BCUT2D eigenvalue weighted by Gasteiger charge is -2.23. The Morgan fingerprint density at radius 1 is 1.03 bits per heavy atom. The summed E-state index contributed by atoms with van der Waals surface area (Å²) >= 11 is 0. The summed E-state index contributed by atoms with van der Waals surface area (Å²) in [7, 11) is -2.00. The van der Waals surface area contributed by atoms with Gasteiger partial charge in [0.2, 0.25) is 21.8 Å². The monoisotopic (exact) mass is 494 g/mol. The number of rotatable bonds is 6. The van der Waals surface area contributed by atoms with E-state index in [1.807, 2.05) is 54.1 Å². The molecule has 9 heteroatoms. The number of amides is 1. The molecular weight excluding hydrogens is 468 g/mol. The molecule has 0 spiro atoms. The molecule has 1 fully saturated rings. The summed E-state index contributed by atoms with van der Waals surface area (Å²) in [6, 6.07) is 16.9. The summed E-state index contributed by atoms with van der Waals surface area (Å²) < 4.78 is 43.4. The van der Waals surface area contributed by atoms with Crippen LogP contribution in [-0.4, -0.2) is 32.2 Å². The number of aromatic nitrogens is 1. The minimum atomic E-state index is -3.58. The van der Waals surface area contributed by atoms with Crippen molar-refractivity contribution in [3.8, 4) is 23.1 Å². The van der Waals surface area contributed by atoms with Crippen LogP contribution in [0.1, 0.15) is 47.2 Å². The number of hydrogen-bond donors (Lipinski definition) is 1. The Labute approximate surface area is 204 Å². The van der Waals surface area contributed by atoms with Crippen LogP contribution in [0.25, 0.3) is 0 Å². The predicted molar refractivity (Wildman–Crippen MR) is 129 cm³/mol. The maximum absolute atomic E-state index is 11.9. The molecule has 1 unspecified atom stereocenters. The number of fused-ring (bicyclic) bond motifs is 1. The van der Waals surface area contributed by atoms with Gasteiger partial charge in [-0.05, 0) is 55.2 Å². The van der Waals surface area contributed by atoms with Crippen LogP contribution in [0.4, 0.5) is 0 Å². The quantitative estimate of drug-likeness (QED) is 0.548. The van der Waals surface area contributed by atoms with Crippen LogP contribution in [0.15, 0.2) is 54.6 Å². The highest BCUT2D eigenvalue weighted by Crippen LogP contribution is 2.41. The van der Waals surface area contributed by atoms with E-state index in [0.717, 1.165) is 41.0 Å². The van der Waals surface area contributed by atoms with E-state index >= 15 is 0 Å². The first-order chi connectivity index (χ1) is 16.8. The summed E-state index contributed by atoms with van der Waals surface area (Å²) in [6.45, 7) is 1.88. The number of pyridine rings is 1. The molecule has 0 bridgehead atoms. The summed E-state index contributed by atoms with van der Waals surface area (Å²) in [5.74, 6) is 1.78. The zero-order valence-corrected chi connectivity index (χ0v) is 20.3. The fraction of sp³-hybridized carbons (Fsp3) is 0.308. The van der Waals surface area contributed by atoms with Gasteiger partial charge in [-0.1, -0.05) is 24.3 Å². The standard InChI is InChI=1S/C26H26N2O6S/c1-16-22(12-13-26(27-16)32-2)34-23-5-3-4-20-21(23)10-11-24(20)33-19-8-6-17(7-9-19)18-14-25(29)28-35(30,31)15-18/h3-9,12-13,18,24H,10-11,14-15H2,1-2H3,(H,28,29)/t18?,24-/m1/s1. The second-order valence-electron chi connectivity index (χ2n) is 8.79. The molecule has 5 rings (SSSR count). The van der Waals surface area contributed by atoms with Crippen molar-refractivity contribution in [3.05, 3.63) is 77.0 Å². The third kappa shape index (κ3) is 4.95. The maximum Gasteiger partial charge on any atom is 0.235 e. The maximum atomic E-state index is 11.9. The highest BCUT2D eigenvalue weighted by molar-refractivity contribution is 7.90. The third-order valence-electron chi connectivity index (χ3n) is 6.37. The van der Waals surface area contributed by atoms with Crippen LogP contribution in [-0.2, 0) is 21.2 Å². The first-order valence-corrected chi connectivity index (χ1v) is 13.1. The molecule has 1 N–H and O–H groups in total. The molecule has 0 radical (unpaired) electrons. The van der Waals surface area contributed by atoms with Gasteiger partial charge >= 0.3 is 0 Å². The van der Waals surface area contributed by atoms with Crippen LogP contribution < -0.4 is 18.9 Å².